The van der Waals surface area contributed by atoms with Crippen LogP contribution in [0.15, 0.2) is 12.4 Å². The van der Waals surface area contributed by atoms with E-state index in [9.17, 15) is 0 Å². The van der Waals surface area contributed by atoms with Gasteiger partial charge in [-0.3, -0.25) is 0 Å². The molecular weight excluding hydrogens is 448 g/mol. The molecule has 37 heavy (non-hydrogen) atoms. The van der Waals surface area contributed by atoms with Gasteiger partial charge in [0.1, 0.15) is 12.4 Å². The van der Waals surface area contributed by atoms with E-state index in [1.807, 2.05) is 0 Å². The highest BCUT2D eigenvalue weighted by molar-refractivity contribution is 4.90. The summed E-state index contributed by atoms with van der Waals surface area (Å²) in [6, 6.07) is 0.622. The molecule has 0 aromatic carbocycles. The SMILES string of the molecule is CCCCCCCCCCCCC(C)[n+]1cc[nH]c1C(CCCCCC)CCCCCCCCCCC. The van der Waals surface area contributed by atoms with E-state index in [0.717, 1.165) is 0 Å². The van der Waals surface area contributed by atoms with Gasteiger partial charge in [0.2, 0.25) is 0 Å². The highest BCUT2D eigenvalue weighted by atomic mass is 15.1. The largest absolute Gasteiger partial charge is 0.257 e. The Kier molecular flexibility index (Phi) is 23.6. The van der Waals surface area contributed by atoms with Crippen LogP contribution < -0.4 is 4.57 Å². The maximum Gasteiger partial charge on any atom is 0.257 e. The number of aromatic amines is 1. The molecular formula is C35H69N2+. The van der Waals surface area contributed by atoms with E-state index in [2.05, 4.69) is 49.6 Å². The van der Waals surface area contributed by atoms with Crippen molar-refractivity contribution in [2.45, 2.75) is 207 Å². The molecule has 0 fully saturated rings. The molecule has 1 rings (SSSR count). The second-order valence-corrected chi connectivity index (χ2v) is 12.2. The van der Waals surface area contributed by atoms with Gasteiger partial charge in [-0.05, 0) is 32.6 Å². The molecule has 1 aromatic rings. The molecule has 0 bridgehead atoms. The fourth-order valence-corrected chi connectivity index (χ4v) is 6.07. The molecule has 0 saturated carbocycles. The van der Waals surface area contributed by atoms with Crippen LogP contribution in [-0.2, 0) is 0 Å². The Bertz CT molecular complexity index is 578. The van der Waals surface area contributed by atoms with Crippen LogP contribution in [0, 0.1) is 0 Å². The van der Waals surface area contributed by atoms with Crippen molar-refractivity contribution in [2.75, 3.05) is 0 Å². The number of nitrogens with one attached hydrogen (secondary N) is 1. The van der Waals surface area contributed by atoms with Crippen molar-refractivity contribution in [1.82, 2.24) is 4.98 Å². The number of aromatic nitrogens is 2. The van der Waals surface area contributed by atoms with Gasteiger partial charge in [0, 0.05) is 0 Å². The van der Waals surface area contributed by atoms with Crippen molar-refractivity contribution in [3.05, 3.63) is 18.2 Å². The summed E-state index contributed by atoms with van der Waals surface area (Å²) in [6.07, 6.45) is 41.2. The van der Waals surface area contributed by atoms with Gasteiger partial charge >= 0.3 is 0 Å². The van der Waals surface area contributed by atoms with Gasteiger partial charge in [0.15, 0.2) is 0 Å². The Hall–Kier alpha value is -0.790. The van der Waals surface area contributed by atoms with Gasteiger partial charge in [-0.1, -0.05) is 162 Å². The van der Waals surface area contributed by atoms with E-state index in [4.69, 9.17) is 0 Å². The maximum absolute atomic E-state index is 3.71. The molecule has 0 spiro atoms. The minimum absolute atomic E-state index is 0.622. The molecule has 0 aliphatic heterocycles. The van der Waals surface area contributed by atoms with E-state index in [1.165, 1.54) is 173 Å². The zero-order valence-electron chi connectivity index (χ0n) is 26.1. The van der Waals surface area contributed by atoms with Crippen molar-refractivity contribution in [3.63, 3.8) is 0 Å². The van der Waals surface area contributed by atoms with E-state index < -0.39 is 0 Å². The normalized spacial score (nSPS) is 13.3. The zero-order chi connectivity index (χ0) is 26.8. The summed E-state index contributed by atoms with van der Waals surface area (Å²) in [5.41, 5.74) is 0. The second kappa shape index (κ2) is 25.5. The van der Waals surface area contributed by atoms with Crippen LogP contribution in [0.1, 0.15) is 212 Å². The van der Waals surface area contributed by atoms with Crippen molar-refractivity contribution < 1.29 is 4.57 Å². The lowest BCUT2D eigenvalue weighted by Gasteiger charge is -2.17. The predicted octanol–water partition coefficient (Wildman–Crippen LogP) is 12.1. The predicted molar refractivity (Wildman–Crippen MR) is 166 cm³/mol. The molecule has 0 saturated heterocycles. The first-order valence-electron chi connectivity index (χ1n) is 17.3. The Labute approximate surface area is 234 Å². The van der Waals surface area contributed by atoms with Crippen LogP contribution in [-0.4, -0.2) is 4.98 Å². The summed E-state index contributed by atoms with van der Waals surface area (Å²) in [6.45, 7) is 9.40. The minimum atomic E-state index is 0.622. The lowest BCUT2D eigenvalue weighted by atomic mass is 9.93. The summed E-state index contributed by atoms with van der Waals surface area (Å²) in [5, 5.41) is 0. The lowest BCUT2D eigenvalue weighted by Crippen LogP contribution is -2.41. The third-order valence-corrected chi connectivity index (χ3v) is 8.64. The Morgan fingerprint density at radius 3 is 1.30 bits per heavy atom. The summed E-state index contributed by atoms with van der Waals surface area (Å²) >= 11 is 0. The first-order chi connectivity index (χ1) is 18.2. The number of hydrogen-bond donors (Lipinski definition) is 1. The number of nitrogens with zero attached hydrogens (tertiary/aromatic N) is 1. The zero-order valence-corrected chi connectivity index (χ0v) is 26.1. The van der Waals surface area contributed by atoms with Crippen LogP contribution >= 0.6 is 0 Å². The molecule has 1 aromatic heterocycles. The number of unbranched alkanes of at least 4 members (excludes halogenated alkanes) is 20. The van der Waals surface area contributed by atoms with Crippen molar-refractivity contribution >= 4 is 0 Å². The molecule has 0 aliphatic carbocycles. The lowest BCUT2D eigenvalue weighted by molar-refractivity contribution is -0.727. The van der Waals surface area contributed by atoms with Gasteiger partial charge in [-0.2, -0.15) is 0 Å². The van der Waals surface area contributed by atoms with Crippen LogP contribution in [0.3, 0.4) is 0 Å². The van der Waals surface area contributed by atoms with E-state index in [1.54, 1.807) is 0 Å². The highest BCUT2D eigenvalue weighted by Crippen LogP contribution is 2.27. The fraction of sp³-hybridized carbons (Fsp3) is 0.914. The van der Waals surface area contributed by atoms with Crippen LogP contribution in [0.25, 0.3) is 0 Å². The first kappa shape index (κ1) is 34.2. The fourth-order valence-electron chi connectivity index (χ4n) is 6.07. The molecule has 218 valence electrons. The topological polar surface area (TPSA) is 19.7 Å². The molecule has 2 unspecified atom stereocenters. The van der Waals surface area contributed by atoms with Gasteiger partial charge in [0.25, 0.3) is 5.82 Å². The summed E-state index contributed by atoms with van der Waals surface area (Å²) in [7, 11) is 0. The standard InChI is InChI=1S/C35H68N2/c1-5-8-11-14-16-18-20-21-23-25-28-33(4)37-32-31-36-35(37)34(29-26-13-10-7-3)30-27-24-22-19-17-15-12-9-6-2/h31-34H,5-30H2,1-4H3/p+1. The van der Waals surface area contributed by atoms with Crippen molar-refractivity contribution in [2.24, 2.45) is 0 Å². The van der Waals surface area contributed by atoms with Crippen LogP contribution in [0.4, 0.5) is 0 Å². The van der Waals surface area contributed by atoms with E-state index in [0.29, 0.717) is 12.0 Å². The van der Waals surface area contributed by atoms with Crippen LogP contribution in [0.5, 0.6) is 0 Å². The molecule has 2 atom stereocenters. The molecule has 0 amide bonds. The Morgan fingerprint density at radius 1 is 0.514 bits per heavy atom. The Balaban J connectivity index is 2.38. The molecule has 1 heterocycles. The molecule has 2 heteroatoms. The number of imidazole rings is 1. The average molecular weight is 518 g/mol. The van der Waals surface area contributed by atoms with Gasteiger partial charge in [-0.25, -0.2) is 9.55 Å². The smallest absolute Gasteiger partial charge is 0.247 e. The Morgan fingerprint density at radius 2 is 0.865 bits per heavy atom. The first-order valence-corrected chi connectivity index (χ1v) is 17.3. The van der Waals surface area contributed by atoms with Gasteiger partial charge in [-0.15, -0.1) is 0 Å². The number of hydrogen-bond acceptors (Lipinski definition) is 0. The monoisotopic (exact) mass is 518 g/mol. The van der Waals surface area contributed by atoms with Gasteiger partial charge in [0.05, 0.1) is 12.0 Å². The summed E-state index contributed by atoms with van der Waals surface area (Å²) in [5.74, 6) is 2.24. The summed E-state index contributed by atoms with van der Waals surface area (Å²) in [4.78, 5) is 3.71. The highest BCUT2D eigenvalue weighted by Gasteiger charge is 2.25. The average Bonchev–Trinajstić information content (AvgIpc) is 3.40. The van der Waals surface area contributed by atoms with Crippen LogP contribution in [0.2, 0.25) is 0 Å². The molecule has 0 aliphatic rings. The van der Waals surface area contributed by atoms with Crippen molar-refractivity contribution in [3.8, 4) is 0 Å². The summed E-state index contributed by atoms with van der Waals surface area (Å²) < 4.78 is 2.62. The maximum atomic E-state index is 3.71. The third kappa shape index (κ3) is 18.2. The number of rotatable bonds is 28. The van der Waals surface area contributed by atoms with Crippen molar-refractivity contribution in [1.29, 1.82) is 0 Å². The molecule has 1 N–H and O–H groups in total. The van der Waals surface area contributed by atoms with E-state index >= 15 is 0 Å². The second-order valence-electron chi connectivity index (χ2n) is 12.2. The third-order valence-electron chi connectivity index (χ3n) is 8.64. The quantitative estimate of drug-likeness (QED) is 0.0842. The molecule has 2 nitrogen and oxygen atoms in total. The number of H-pyrrole nitrogens is 1. The van der Waals surface area contributed by atoms with E-state index in [-0.39, 0.29) is 0 Å². The molecule has 0 radical (unpaired) electrons. The van der Waals surface area contributed by atoms with Gasteiger partial charge < -0.3 is 0 Å². The minimum Gasteiger partial charge on any atom is -0.247 e.